The quantitative estimate of drug-likeness (QED) is 0.713. The third-order valence-electron chi connectivity index (χ3n) is 2.59. The monoisotopic (exact) mass is 312 g/mol. The molecule has 3 aromatic rings. The summed E-state index contributed by atoms with van der Waals surface area (Å²) in [7, 11) is -3.77. The number of fused-ring (bicyclic) bond motifs is 1. The summed E-state index contributed by atoms with van der Waals surface area (Å²) in [5, 5.41) is 10.1. The second kappa shape index (κ2) is 4.19. The van der Waals surface area contributed by atoms with Gasteiger partial charge in [0.15, 0.2) is 4.77 Å². The van der Waals surface area contributed by atoms with E-state index in [2.05, 4.69) is 4.98 Å². The molecule has 19 heavy (non-hydrogen) atoms. The second-order valence-corrected chi connectivity index (χ2v) is 7.36. The van der Waals surface area contributed by atoms with Gasteiger partial charge in [-0.3, -0.25) is 0 Å². The summed E-state index contributed by atoms with van der Waals surface area (Å²) >= 11 is 6.04. The van der Waals surface area contributed by atoms with Crippen LogP contribution in [0.15, 0.2) is 40.7 Å². The van der Waals surface area contributed by atoms with Crippen LogP contribution in [0.25, 0.3) is 10.1 Å². The number of hydrogen-bond acceptors (Lipinski definition) is 5. The highest BCUT2D eigenvalue weighted by Crippen LogP contribution is 2.30. The molecule has 0 aliphatic heterocycles. The molecule has 98 valence electrons. The van der Waals surface area contributed by atoms with E-state index in [0.717, 1.165) is 20.3 Å². The van der Waals surface area contributed by atoms with E-state index in [0.29, 0.717) is 0 Å². The zero-order valence-corrected chi connectivity index (χ0v) is 11.8. The lowest BCUT2D eigenvalue weighted by Gasteiger charge is -2.00. The van der Waals surface area contributed by atoms with Gasteiger partial charge in [-0.1, -0.05) is 18.2 Å². The largest absolute Gasteiger partial charge is 0.493 e. The molecule has 5 nitrogen and oxygen atoms in total. The molecule has 1 aromatic carbocycles. The highest BCUT2D eigenvalue weighted by Gasteiger charge is 2.21. The first-order valence-electron chi connectivity index (χ1n) is 5.23. The minimum Gasteiger partial charge on any atom is -0.493 e. The summed E-state index contributed by atoms with van der Waals surface area (Å²) in [5.74, 6) is -0.283. The second-order valence-electron chi connectivity index (χ2n) is 3.85. The third-order valence-corrected chi connectivity index (χ3v) is 6.23. The molecule has 0 fully saturated rings. The number of aromatic amines is 1. The van der Waals surface area contributed by atoms with Crippen LogP contribution in [0, 0.1) is 4.77 Å². The molecule has 2 N–H and O–H groups in total. The number of thiophene rings is 1. The van der Waals surface area contributed by atoms with Crippen molar-refractivity contribution in [2.45, 2.75) is 4.21 Å². The fourth-order valence-corrected chi connectivity index (χ4v) is 4.88. The number of rotatable bonds is 2. The lowest BCUT2D eigenvalue weighted by atomic mass is 10.3. The Balaban J connectivity index is 2.25. The summed E-state index contributed by atoms with van der Waals surface area (Å²) in [4.78, 5) is 2.38. The highest BCUT2D eigenvalue weighted by molar-refractivity contribution is 7.92. The molecule has 0 saturated heterocycles. The average molecular weight is 312 g/mol. The lowest BCUT2D eigenvalue weighted by Crippen LogP contribution is -2.10. The number of aromatic hydroxyl groups is 1. The van der Waals surface area contributed by atoms with Gasteiger partial charge in [0.1, 0.15) is 4.21 Å². The molecular formula is C11H8N2O3S3. The molecule has 2 aromatic heterocycles. The van der Waals surface area contributed by atoms with Crippen LogP contribution in [-0.2, 0) is 10.0 Å². The Hall–Kier alpha value is -1.64. The molecule has 3 rings (SSSR count). The van der Waals surface area contributed by atoms with Gasteiger partial charge in [0.05, 0.1) is 6.20 Å². The Bertz CT molecular complexity index is 885. The number of aromatic nitrogens is 2. The van der Waals surface area contributed by atoms with Crippen molar-refractivity contribution in [3.63, 3.8) is 0 Å². The maximum atomic E-state index is 12.4. The molecule has 0 radical (unpaired) electrons. The molecule has 0 bridgehead atoms. The van der Waals surface area contributed by atoms with Crippen molar-refractivity contribution in [1.29, 1.82) is 0 Å². The zero-order valence-electron chi connectivity index (χ0n) is 9.40. The van der Waals surface area contributed by atoms with Gasteiger partial charge in [-0.25, -0.2) is 3.97 Å². The van der Waals surface area contributed by atoms with E-state index in [1.165, 1.54) is 11.3 Å². The van der Waals surface area contributed by atoms with Crippen LogP contribution in [0.1, 0.15) is 0 Å². The summed E-state index contributed by atoms with van der Waals surface area (Å²) in [6, 6.07) is 9.00. The number of nitrogens with one attached hydrogen (secondary N) is 1. The van der Waals surface area contributed by atoms with Gasteiger partial charge in [-0.15, -0.1) is 11.3 Å². The van der Waals surface area contributed by atoms with E-state index >= 15 is 0 Å². The van der Waals surface area contributed by atoms with Crippen LogP contribution in [0.3, 0.4) is 0 Å². The van der Waals surface area contributed by atoms with E-state index in [4.69, 9.17) is 12.2 Å². The first-order valence-corrected chi connectivity index (χ1v) is 7.90. The van der Waals surface area contributed by atoms with Gasteiger partial charge in [0, 0.05) is 4.70 Å². The van der Waals surface area contributed by atoms with Gasteiger partial charge < -0.3 is 10.1 Å². The van der Waals surface area contributed by atoms with Crippen molar-refractivity contribution >= 4 is 43.7 Å². The molecule has 0 spiro atoms. The molecule has 0 aliphatic rings. The zero-order chi connectivity index (χ0) is 13.6. The Morgan fingerprint density at radius 2 is 2.05 bits per heavy atom. The van der Waals surface area contributed by atoms with Gasteiger partial charge in [-0.2, -0.15) is 8.42 Å². The van der Waals surface area contributed by atoms with Gasteiger partial charge in [-0.05, 0) is 29.7 Å². The first-order chi connectivity index (χ1) is 8.98. The van der Waals surface area contributed by atoms with Crippen LogP contribution < -0.4 is 0 Å². The van der Waals surface area contributed by atoms with Crippen molar-refractivity contribution in [1.82, 2.24) is 8.96 Å². The lowest BCUT2D eigenvalue weighted by molar-refractivity contribution is 0.456. The SMILES string of the molecule is O=S(=O)(c1cc2ccccc2s1)n1cc(O)[nH]c1=S. The first kappa shape index (κ1) is 12.4. The topological polar surface area (TPSA) is 75.1 Å². The minimum atomic E-state index is -3.77. The van der Waals surface area contributed by atoms with Crippen molar-refractivity contribution in [3.8, 4) is 5.88 Å². The summed E-state index contributed by atoms with van der Waals surface area (Å²) in [6.07, 6.45) is 1.06. The van der Waals surface area contributed by atoms with E-state index in [1.807, 2.05) is 24.3 Å². The predicted molar refractivity (Wildman–Crippen MR) is 75.7 cm³/mol. The van der Waals surface area contributed by atoms with Crippen LogP contribution >= 0.6 is 23.6 Å². The standard InChI is InChI=1S/C11H8N2O3S3/c14-9-6-13(11(17)12-9)19(15,16)10-5-7-3-1-2-4-8(7)18-10/h1-6,14H,(H,12,17). The number of hydrogen-bond donors (Lipinski definition) is 2. The Morgan fingerprint density at radius 1 is 1.32 bits per heavy atom. The molecule has 0 saturated carbocycles. The van der Waals surface area contributed by atoms with Gasteiger partial charge in [0.25, 0.3) is 10.0 Å². The fraction of sp³-hybridized carbons (Fsp3) is 0. The molecule has 8 heteroatoms. The van der Waals surface area contributed by atoms with E-state index in [1.54, 1.807) is 6.07 Å². The minimum absolute atomic E-state index is 0.0602. The number of nitrogens with zero attached hydrogens (tertiary/aromatic N) is 1. The van der Waals surface area contributed by atoms with Crippen LogP contribution in [0.4, 0.5) is 0 Å². The number of H-pyrrole nitrogens is 1. The van der Waals surface area contributed by atoms with Crippen LogP contribution in [0.2, 0.25) is 0 Å². The van der Waals surface area contributed by atoms with Crippen LogP contribution in [0.5, 0.6) is 5.88 Å². The van der Waals surface area contributed by atoms with E-state index in [9.17, 15) is 13.5 Å². The Morgan fingerprint density at radius 3 is 2.68 bits per heavy atom. The molecule has 2 heterocycles. The molecule has 0 atom stereocenters. The van der Waals surface area contributed by atoms with Crippen molar-refractivity contribution in [3.05, 3.63) is 41.3 Å². The fourth-order valence-electron chi connectivity index (χ4n) is 1.73. The molecule has 0 unspecified atom stereocenters. The Labute approximate surface area is 117 Å². The maximum Gasteiger partial charge on any atom is 0.279 e. The van der Waals surface area contributed by atoms with E-state index < -0.39 is 10.0 Å². The Kier molecular flexibility index (Phi) is 2.73. The molecule has 0 aliphatic carbocycles. The van der Waals surface area contributed by atoms with Crippen molar-refractivity contribution < 1.29 is 13.5 Å². The summed E-state index contributed by atoms with van der Waals surface area (Å²) in [6.45, 7) is 0. The van der Waals surface area contributed by atoms with Crippen LogP contribution in [-0.4, -0.2) is 22.5 Å². The smallest absolute Gasteiger partial charge is 0.279 e. The normalized spacial score (nSPS) is 12.0. The maximum absolute atomic E-state index is 12.4. The number of benzene rings is 1. The molecule has 0 amide bonds. The van der Waals surface area contributed by atoms with E-state index in [-0.39, 0.29) is 14.9 Å². The third kappa shape index (κ3) is 1.97. The van der Waals surface area contributed by atoms with Gasteiger partial charge >= 0.3 is 0 Å². The molecular weight excluding hydrogens is 304 g/mol. The van der Waals surface area contributed by atoms with Crippen molar-refractivity contribution in [2.75, 3.05) is 0 Å². The van der Waals surface area contributed by atoms with Gasteiger partial charge in [0.2, 0.25) is 5.88 Å². The predicted octanol–water partition coefficient (Wildman–Crippen LogP) is 2.70. The average Bonchev–Trinajstić information content (AvgIpc) is 2.92. The summed E-state index contributed by atoms with van der Waals surface area (Å²) in [5.41, 5.74) is 0. The van der Waals surface area contributed by atoms with Crippen molar-refractivity contribution in [2.24, 2.45) is 0 Å². The highest BCUT2D eigenvalue weighted by atomic mass is 32.2. The number of imidazole rings is 1. The summed E-state index contributed by atoms with van der Waals surface area (Å²) < 4.78 is 26.7.